The lowest BCUT2D eigenvalue weighted by atomic mass is 10.0. The van der Waals surface area contributed by atoms with Crippen molar-refractivity contribution in [2.24, 2.45) is 0 Å². The van der Waals surface area contributed by atoms with Crippen LogP contribution in [0.15, 0.2) is 42.5 Å². The summed E-state index contributed by atoms with van der Waals surface area (Å²) in [6.45, 7) is 9.78. The molecule has 1 saturated heterocycles. The molecule has 0 saturated carbocycles. The number of anilines is 2. The van der Waals surface area contributed by atoms with Crippen LogP contribution >= 0.6 is 0 Å². The number of hydrogen-bond donors (Lipinski definition) is 0. The molecule has 0 atom stereocenters. The predicted octanol–water partition coefficient (Wildman–Crippen LogP) is 4.54. The third kappa shape index (κ3) is 3.11. The third-order valence-electron chi connectivity index (χ3n) is 4.48. The largest absolute Gasteiger partial charge is 0.352 e. The molecule has 0 aliphatic carbocycles. The van der Waals surface area contributed by atoms with Crippen molar-refractivity contribution in [2.75, 3.05) is 29.6 Å². The van der Waals surface area contributed by atoms with Gasteiger partial charge in [0.05, 0.1) is 6.67 Å². The summed E-state index contributed by atoms with van der Waals surface area (Å²) in [6, 6.07) is 15.8. The lowest BCUT2D eigenvalue weighted by molar-refractivity contribution is 0.889. The van der Waals surface area contributed by atoms with Gasteiger partial charge in [-0.15, -0.1) is 0 Å². The van der Waals surface area contributed by atoms with Crippen molar-refractivity contribution in [3.63, 3.8) is 0 Å². The Hall–Kier alpha value is -1.96. The van der Waals surface area contributed by atoms with Crippen LogP contribution in [0, 0.1) is 13.8 Å². The Balaban J connectivity index is 1.79. The topological polar surface area (TPSA) is 6.48 Å². The molecule has 1 aliphatic heterocycles. The summed E-state index contributed by atoms with van der Waals surface area (Å²) in [7, 11) is 0. The minimum atomic E-state index is 0.989. The predicted molar refractivity (Wildman–Crippen MR) is 95.9 cm³/mol. The molecular weight excluding hydrogens is 268 g/mol. The summed E-state index contributed by atoms with van der Waals surface area (Å²) >= 11 is 0. The molecule has 2 nitrogen and oxygen atoms in total. The molecule has 1 fully saturated rings. The zero-order valence-corrected chi connectivity index (χ0v) is 14.0. The van der Waals surface area contributed by atoms with Gasteiger partial charge in [-0.05, 0) is 44.0 Å². The second-order valence-electron chi connectivity index (χ2n) is 6.39. The van der Waals surface area contributed by atoms with Gasteiger partial charge in [0.25, 0.3) is 0 Å². The van der Waals surface area contributed by atoms with Gasteiger partial charge in [0, 0.05) is 24.5 Å². The zero-order chi connectivity index (χ0) is 15.5. The van der Waals surface area contributed by atoms with Gasteiger partial charge in [-0.2, -0.15) is 0 Å². The van der Waals surface area contributed by atoms with Crippen LogP contribution in [-0.2, 0) is 6.42 Å². The van der Waals surface area contributed by atoms with Crippen LogP contribution in [0.1, 0.15) is 30.0 Å². The average Bonchev–Trinajstić information content (AvgIpc) is 2.98. The first-order valence-electron chi connectivity index (χ1n) is 8.33. The Morgan fingerprint density at radius 2 is 1.55 bits per heavy atom. The van der Waals surface area contributed by atoms with E-state index in [2.05, 4.69) is 73.0 Å². The monoisotopic (exact) mass is 294 g/mol. The molecule has 0 spiro atoms. The van der Waals surface area contributed by atoms with Crippen molar-refractivity contribution in [3.05, 3.63) is 59.2 Å². The Morgan fingerprint density at radius 3 is 2.27 bits per heavy atom. The van der Waals surface area contributed by atoms with E-state index < -0.39 is 0 Å². The van der Waals surface area contributed by atoms with E-state index in [0.29, 0.717) is 0 Å². The molecule has 0 unspecified atom stereocenters. The van der Waals surface area contributed by atoms with E-state index in [1.165, 1.54) is 34.5 Å². The Bertz CT molecular complexity index is 631. The van der Waals surface area contributed by atoms with Crippen molar-refractivity contribution in [2.45, 2.75) is 33.6 Å². The van der Waals surface area contributed by atoms with E-state index in [9.17, 15) is 0 Å². The van der Waals surface area contributed by atoms with Crippen LogP contribution in [0.25, 0.3) is 0 Å². The summed E-state index contributed by atoms with van der Waals surface area (Å²) in [5.41, 5.74) is 6.93. The average molecular weight is 294 g/mol. The molecule has 2 aromatic carbocycles. The Morgan fingerprint density at radius 1 is 0.864 bits per heavy atom. The van der Waals surface area contributed by atoms with Crippen molar-refractivity contribution in [1.82, 2.24) is 0 Å². The molecule has 2 heteroatoms. The van der Waals surface area contributed by atoms with Crippen LogP contribution in [0.3, 0.4) is 0 Å². The third-order valence-corrected chi connectivity index (χ3v) is 4.48. The molecule has 2 aromatic rings. The van der Waals surface area contributed by atoms with Crippen molar-refractivity contribution < 1.29 is 0 Å². The molecular formula is C20H26N2. The van der Waals surface area contributed by atoms with Gasteiger partial charge in [0.15, 0.2) is 0 Å². The van der Waals surface area contributed by atoms with Crippen LogP contribution in [0.4, 0.5) is 11.4 Å². The zero-order valence-electron chi connectivity index (χ0n) is 14.0. The van der Waals surface area contributed by atoms with E-state index in [1.807, 2.05) is 0 Å². The van der Waals surface area contributed by atoms with E-state index >= 15 is 0 Å². The van der Waals surface area contributed by atoms with Crippen LogP contribution in [0.5, 0.6) is 0 Å². The second kappa shape index (κ2) is 6.43. The quantitative estimate of drug-likeness (QED) is 0.817. The van der Waals surface area contributed by atoms with Crippen molar-refractivity contribution >= 4 is 11.4 Å². The highest BCUT2D eigenvalue weighted by molar-refractivity contribution is 5.59. The maximum atomic E-state index is 2.52. The Labute approximate surface area is 134 Å². The van der Waals surface area contributed by atoms with E-state index in [4.69, 9.17) is 0 Å². The SMILES string of the molecule is CCCc1cc(C)ccc1N1CCN(c2ccc(C)cc2)C1. The van der Waals surface area contributed by atoms with Crippen LogP contribution < -0.4 is 9.80 Å². The van der Waals surface area contributed by atoms with E-state index in [-0.39, 0.29) is 0 Å². The molecule has 22 heavy (non-hydrogen) atoms. The minimum Gasteiger partial charge on any atom is -0.352 e. The molecule has 0 amide bonds. The normalized spacial score (nSPS) is 14.7. The van der Waals surface area contributed by atoms with Gasteiger partial charge in [0.1, 0.15) is 0 Å². The summed E-state index contributed by atoms with van der Waals surface area (Å²) in [6.07, 6.45) is 2.37. The van der Waals surface area contributed by atoms with Crippen LogP contribution in [0.2, 0.25) is 0 Å². The number of rotatable bonds is 4. The first-order chi connectivity index (χ1) is 10.7. The number of hydrogen-bond acceptors (Lipinski definition) is 2. The summed E-state index contributed by atoms with van der Waals surface area (Å²) in [4.78, 5) is 4.99. The lowest BCUT2D eigenvalue weighted by Crippen LogP contribution is -2.25. The first-order valence-corrected chi connectivity index (χ1v) is 8.33. The van der Waals surface area contributed by atoms with Crippen molar-refractivity contribution in [3.8, 4) is 0 Å². The maximum absolute atomic E-state index is 2.52. The fraction of sp³-hybridized carbons (Fsp3) is 0.400. The van der Waals surface area contributed by atoms with Gasteiger partial charge >= 0.3 is 0 Å². The summed E-state index contributed by atoms with van der Waals surface area (Å²) < 4.78 is 0. The standard InChI is InChI=1S/C20H26N2/c1-4-5-18-14-17(3)8-11-20(18)22-13-12-21(15-22)19-9-6-16(2)7-10-19/h6-11,14H,4-5,12-13,15H2,1-3H3. The molecule has 0 aromatic heterocycles. The minimum absolute atomic E-state index is 0.989. The fourth-order valence-corrected chi connectivity index (χ4v) is 3.24. The number of aryl methyl sites for hydroxylation is 3. The van der Waals surface area contributed by atoms with Gasteiger partial charge in [-0.25, -0.2) is 0 Å². The highest BCUT2D eigenvalue weighted by Gasteiger charge is 2.22. The van der Waals surface area contributed by atoms with E-state index in [0.717, 1.165) is 26.2 Å². The number of nitrogens with zero attached hydrogens (tertiary/aromatic N) is 2. The van der Waals surface area contributed by atoms with E-state index in [1.54, 1.807) is 0 Å². The summed E-state index contributed by atoms with van der Waals surface area (Å²) in [5.74, 6) is 0. The molecule has 0 bridgehead atoms. The molecule has 1 heterocycles. The molecule has 0 N–H and O–H groups in total. The van der Waals surface area contributed by atoms with Gasteiger partial charge in [0.2, 0.25) is 0 Å². The van der Waals surface area contributed by atoms with Gasteiger partial charge in [-0.1, -0.05) is 48.7 Å². The second-order valence-corrected chi connectivity index (χ2v) is 6.39. The van der Waals surface area contributed by atoms with Gasteiger partial charge in [-0.3, -0.25) is 0 Å². The molecule has 1 aliphatic rings. The van der Waals surface area contributed by atoms with Crippen molar-refractivity contribution in [1.29, 1.82) is 0 Å². The molecule has 3 rings (SSSR count). The maximum Gasteiger partial charge on any atom is 0.0904 e. The molecule has 116 valence electrons. The Kier molecular flexibility index (Phi) is 4.37. The first kappa shape index (κ1) is 15.0. The fourth-order valence-electron chi connectivity index (χ4n) is 3.24. The highest BCUT2D eigenvalue weighted by Crippen LogP contribution is 2.28. The van der Waals surface area contributed by atoms with Gasteiger partial charge < -0.3 is 9.80 Å². The van der Waals surface area contributed by atoms with Crippen LogP contribution in [-0.4, -0.2) is 19.8 Å². The molecule has 0 radical (unpaired) electrons. The summed E-state index contributed by atoms with van der Waals surface area (Å²) in [5, 5.41) is 0. The lowest BCUT2D eigenvalue weighted by Gasteiger charge is -2.24. The number of benzene rings is 2. The smallest absolute Gasteiger partial charge is 0.0904 e. The highest BCUT2D eigenvalue weighted by atomic mass is 15.4.